The van der Waals surface area contributed by atoms with E-state index in [9.17, 15) is 0 Å². The van der Waals surface area contributed by atoms with Gasteiger partial charge in [-0.3, -0.25) is 0 Å². The van der Waals surface area contributed by atoms with Crippen LogP contribution < -0.4 is 5.32 Å². The molecule has 1 nitrogen and oxygen atoms in total. The molecule has 0 bridgehead atoms. The van der Waals surface area contributed by atoms with E-state index >= 15 is 0 Å². The Bertz CT molecular complexity index is 238. The molecule has 0 amide bonds. The first-order chi connectivity index (χ1) is 5.84. The van der Waals surface area contributed by atoms with Crippen molar-refractivity contribution in [3.8, 4) is 0 Å². The molecule has 0 radical (unpaired) electrons. The summed E-state index contributed by atoms with van der Waals surface area (Å²) in [5.74, 6) is 0. The van der Waals surface area contributed by atoms with E-state index in [-0.39, 0.29) is 12.4 Å². The number of halogens is 2. The molecule has 0 aliphatic carbocycles. The van der Waals surface area contributed by atoms with Gasteiger partial charge in [-0.05, 0) is 24.6 Å². The van der Waals surface area contributed by atoms with Crippen molar-refractivity contribution in [1.82, 2.24) is 5.32 Å². The first-order valence-corrected chi connectivity index (χ1v) is 4.66. The number of rotatable bonds is 4. The minimum absolute atomic E-state index is 0. The molecular formula is C10H15Cl2N. The van der Waals surface area contributed by atoms with Crippen LogP contribution in [0.3, 0.4) is 0 Å². The van der Waals surface area contributed by atoms with Gasteiger partial charge in [0.05, 0.1) is 0 Å². The highest BCUT2D eigenvalue weighted by atomic mass is 35.5. The molecule has 0 atom stereocenters. The maximum Gasteiger partial charge on any atom is 0.0450 e. The zero-order chi connectivity index (χ0) is 8.81. The van der Waals surface area contributed by atoms with Gasteiger partial charge in [-0.1, -0.05) is 36.7 Å². The number of benzene rings is 1. The third-order valence-corrected chi connectivity index (χ3v) is 2.07. The Morgan fingerprint density at radius 2 is 2.00 bits per heavy atom. The zero-order valence-electron chi connectivity index (χ0n) is 7.72. The summed E-state index contributed by atoms with van der Waals surface area (Å²) in [5, 5.41) is 4.16. The predicted octanol–water partition coefficient (Wildman–Crippen LogP) is 3.26. The molecule has 0 unspecified atom stereocenters. The fourth-order valence-electron chi connectivity index (χ4n) is 1.04. The Hall–Kier alpha value is -0.240. The summed E-state index contributed by atoms with van der Waals surface area (Å²) in [7, 11) is 0. The molecule has 1 aromatic rings. The lowest BCUT2D eigenvalue weighted by atomic mass is 10.2. The van der Waals surface area contributed by atoms with E-state index in [1.165, 1.54) is 5.56 Å². The molecule has 74 valence electrons. The fraction of sp³-hybridized carbons (Fsp3) is 0.400. The van der Waals surface area contributed by atoms with E-state index in [0.717, 1.165) is 24.5 Å². The quantitative estimate of drug-likeness (QED) is 0.768. The second-order valence-corrected chi connectivity index (χ2v) is 3.18. The van der Waals surface area contributed by atoms with Crippen LogP contribution in [0.5, 0.6) is 0 Å². The van der Waals surface area contributed by atoms with Gasteiger partial charge in [0.2, 0.25) is 0 Å². The lowest BCUT2D eigenvalue weighted by Crippen LogP contribution is -2.13. The highest BCUT2D eigenvalue weighted by Gasteiger charge is 1.96. The SMILES string of the molecule is CCCNCc1ccccc1Cl.Cl. The average Bonchev–Trinajstić information content (AvgIpc) is 2.09. The largest absolute Gasteiger partial charge is 0.313 e. The molecule has 1 N–H and O–H groups in total. The topological polar surface area (TPSA) is 12.0 Å². The van der Waals surface area contributed by atoms with Gasteiger partial charge < -0.3 is 5.32 Å². The normalized spacial score (nSPS) is 9.38. The van der Waals surface area contributed by atoms with Gasteiger partial charge in [0.1, 0.15) is 0 Å². The van der Waals surface area contributed by atoms with E-state index in [2.05, 4.69) is 12.2 Å². The Kier molecular flexibility index (Phi) is 7.06. The van der Waals surface area contributed by atoms with Crippen LogP contribution in [0.1, 0.15) is 18.9 Å². The summed E-state index contributed by atoms with van der Waals surface area (Å²) in [6, 6.07) is 7.93. The van der Waals surface area contributed by atoms with E-state index < -0.39 is 0 Å². The summed E-state index contributed by atoms with van der Waals surface area (Å²) in [5.41, 5.74) is 1.17. The average molecular weight is 220 g/mol. The monoisotopic (exact) mass is 219 g/mol. The molecule has 0 spiro atoms. The highest BCUT2D eigenvalue weighted by molar-refractivity contribution is 6.31. The fourth-order valence-corrected chi connectivity index (χ4v) is 1.24. The van der Waals surface area contributed by atoms with Crippen molar-refractivity contribution >= 4 is 24.0 Å². The van der Waals surface area contributed by atoms with Crippen LogP contribution in [0.15, 0.2) is 24.3 Å². The molecular weight excluding hydrogens is 205 g/mol. The first-order valence-electron chi connectivity index (χ1n) is 4.28. The van der Waals surface area contributed by atoms with E-state index in [4.69, 9.17) is 11.6 Å². The molecule has 0 saturated heterocycles. The van der Waals surface area contributed by atoms with Crippen molar-refractivity contribution in [3.05, 3.63) is 34.9 Å². The minimum Gasteiger partial charge on any atom is -0.313 e. The van der Waals surface area contributed by atoms with E-state index in [0.29, 0.717) is 0 Å². The minimum atomic E-state index is 0. The van der Waals surface area contributed by atoms with Crippen LogP contribution >= 0.6 is 24.0 Å². The van der Waals surface area contributed by atoms with Crippen LogP contribution in [0.4, 0.5) is 0 Å². The highest BCUT2D eigenvalue weighted by Crippen LogP contribution is 2.13. The number of hydrogen-bond acceptors (Lipinski definition) is 1. The third kappa shape index (κ3) is 4.51. The summed E-state index contributed by atoms with van der Waals surface area (Å²) in [6.45, 7) is 4.07. The van der Waals surface area contributed by atoms with Crippen LogP contribution in [0, 0.1) is 0 Å². The molecule has 0 fully saturated rings. The molecule has 13 heavy (non-hydrogen) atoms. The Morgan fingerprint density at radius 3 is 2.62 bits per heavy atom. The predicted molar refractivity (Wildman–Crippen MR) is 60.7 cm³/mol. The summed E-state index contributed by atoms with van der Waals surface area (Å²) >= 11 is 5.96. The van der Waals surface area contributed by atoms with Crippen LogP contribution in [0.25, 0.3) is 0 Å². The molecule has 0 saturated carbocycles. The van der Waals surface area contributed by atoms with Gasteiger partial charge in [0.15, 0.2) is 0 Å². The molecule has 0 aliphatic rings. The van der Waals surface area contributed by atoms with Crippen molar-refractivity contribution in [2.24, 2.45) is 0 Å². The van der Waals surface area contributed by atoms with Crippen molar-refractivity contribution < 1.29 is 0 Å². The zero-order valence-corrected chi connectivity index (χ0v) is 9.29. The molecule has 0 aliphatic heterocycles. The van der Waals surface area contributed by atoms with E-state index in [1.807, 2.05) is 24.3 Å². The molecule has 1 rings (SSSR count). The Labute approximate surface area is 90.9 Å². The second-order valence-electron chi connectivity index (χ2n) is 2.77. The lowest BCUT2D eigenvalue weighted by molar-refractivity contribution is 0.675. The molecule has 0 heterocycles. The van der Waals surface area contributed by atoms with Crippen molar-refractivity contribution in [2.45, 2.75) is 19.9 Å². The molecule has 3 heteroatoms. The van der Waals surface area contributed by atoms with Crippen LogP contribution in [0.2, 0.25) is 5.02 Å². The van der Waals surface area contributed by atoms with Gasteiger partial charge >= 0.3 is 0 Å². The Morgan fingerprint density at radius 1 is 1.31 bits per heavy atom. The van der Waals surface area contributed by atoms with Gasteiger partial charge in [0, 0.05) is 11.6 Å². The Balaban J connectivity index is 0.00000144. The van der Waals surface area contributed by atoms with Crippen molar-refractivity contribution in [2.75, 3.05) is 6.54 Å². The maximum absolute atomic E-state index is 5.96. The number of nitrogens with one attached hydrogen (secondary N) is 1. The lowest BCUT2D eigenvalue weighted by Gasteiger charge is -2.04. The van der Waals surface area contributed by atoms with Crippen LogP contribution in [-0.4, -0.2) is 6.54 Å². The summed E-state index contributed by atoms with van der Waals surface area (Å²) in [6.07, 6.45) is 1.16. The van der Waals surface area contributed by atoms with Gasteiger partial charge in [-0.2, -0.15) is 0 Å². The second kappa shape index (κ2) is 7.19. The van der Waals surface area contributed by atoms with Gasteiger partial charge in [-0.25, -0.2) is 0 Å². The third-order valence-electron chi connectivity index (χ3n) is 1.70. The van der Waals surface area contributed by atoms with Crippen LogP contribution in [-0.2, 0) is 6.54 Å². The van der Waals surface area contributed by atoms with Gasteiger partial charge in [-0.15, -0.1) is 12.4 Å². The van der Waals surface area contributed by atoms with Crippen molar-refractivity contribution in [3.63, 3.8) is 0 Å². The molecule has 1 aromatic carbocycles. The molecule has 0 aromatic heterocycles. The summed E-state index contributed by atoms with van der Waals surface area (Å²) in [4.78, 5) is 0. The first kappa shape index (κ1) is 12.8. The van der Waals surface area contributed by atoms with Gasteiger partial charge in [0.25, 0.3) is 0 Å². The number of hydrogen-bond donors (Lipinski definition) is 1. The standard InChI is InChI=1S/C10H14ClN.ClH/c1-2-7-12-8-9-5-3-4-6-10(9)11;/h3-6,12H,2,7-8H2,1H3;1H. The van der Waals surface area contributed by atoms with Crippen molar-refractivity contribution in [1.29, 1.82) is 0 Å². The van der Waals surface area contributed by atoms with E-state index in [1.54, 1.807) is 0 Å². The smallest absolute Gasteiger partial charge is 0.0450 e. The maximum atomic E-state index is 5.96. The summed E-state index contributed by atoms with van der Waals surface area (Å²) < 4.78 is 0.